The SMILES string of the molecule is COCC12CCCN1S(=O)(=O)C(C(=O)C[P+](c1ccccc1)(c1ccccc1)c1ccccc1)=C2[O-]. The van der Waals surface area contributed by atoms with E-state index in [0.717, 1.165) is 15.9 Å². The molecule has 3 aromatic carbocycles. The molecule has 0 aliphatic carbocycles. The Morgan fingerprint density at radius 1 is 0.917 bits per heavy atom. The lowest BCUT2D eigenvalue weighted by molar-refractivity contribution is -0.323. The summed E-state index contributed by atoms with van der Waals surface area (Å²) in [4.78, 5) is 13.5. The third kappa shape index (κ3) is 3.73. The minimum Gasteiger partial charge on any atom is -0.873 e. The van der Waals surface area contributed by atoms with Crippen LogP contribution in [0, 0.1) is 0 Å². The summed E-state index contributed by atoms with van der Waals surface area (Å²) in [7, 11) is -5.43. The highest BCUT2D eigenvalue weighted by Gasteiger charge is 2.58. The first-order valence-corrected chi connectivity index (χ1v) is 15.3. The standard InChI is InChI=1S/C28H28NO5PS/c1-34-21-28-18-11-19-29(28)36(32,33)26(27(28)31)25(30)20-35(22-12-5-2-6-13-22,23-14-7-3-8-15-23)24-16-9-4-10-17-24/h2-10,12-17H,11,18-21H2,1H3. The number of ketones is 1. The predicted octanol–water partition coefficient (Wildman–Crippen LogP) is 1.95. The number of methoxy groups -OCH3 is 1. The smallest absolute Gasteiger partial charge is 0.246 e. The lowest BCUT2D eigenvalue weighted by atomic mass is 9.95. The summed E-state index contributed by atoms with van der Waals surface area (Å²) in [5.74, 6) is -1.26. The second-order valence-corrected chi connectivity index (χ2v) is 14.5. The molecule has 0 bridgehead atoms. The molecule has 2 heterocycles. The molecule has 5 rings (SSSR count). The van der Waals surface area contributed by atoms with E-state index in [2.05, 4.69) is 0 Å². The molecule has 0 amide bonds. The summed E-state index contributed by atoms with van der Waals surface area (Å²) in [5, 5.41) is 16.6. The Hall–Kier alpha value is -2.83. The first kappa shape index (κ1) is 24.8. The maximum Gasteiger partial charge on any atom is 0.246 e. The Balaban J connectivity index is 1.72. The number of carbonyl (C=O) groups excluding carboxylic acids is 1. The molecule has 2 aliphatic rings. The molecular weight excluding hydrogens is 493 g/mol. The first-order valence-electron chi connectivity index (χ1n) is 11.9. The zero-order valence-electron chi connectivity index (χ0n) is 20.0. The van der Waals surface area contributed by atoms with Crippen molar-refractivity contribution in [2.24, 2.45) is 0 Å². The molecule has 0 spiro atoms. The third-order valence-electron chi connectivity index (χ3n) is 7.21. The molecule has 36 heavy (non-hydrogen) atoms. The van der Waals surface area contributed by atoms with E-state index in [1.54, 1.807) is 0 Å². The Morgan fingerprint density at radius 2 is 1.39 bits per heavy atom. The van der Waals surface area contributed by atoms with Crippen molar-refractivity contribution >= 4 is 39.0 Å². The van der Waals surface area contributed by atoms with Crippen LogP contribution in [0.4, 0.5) is 0 Å². The number of rotatable bonds is 8. The van der Waals surface area contributed by atoms with Crippen LogP contribution in [0.15, 0.2) is 102 Å². The highest BCUT2D eigenvalue weighted by Crippen LogP contribution is 2.56. The van der Waals surface area contributed by atoms with Crippen molar-refractivity contribution in [3.63, 3.8) is 0 Å². The normalized spacial score (nSPS) is 21.5. The average Bonchev–Trinajstić information content (AvgIpc) is 3.40. The van der Waals surface area contributed by atoms with Gasteiger partial charge in [0.2, 0.25) is 15.8 Å². The quantitative estimate of drug-likeness (QED) is 0.423. The molecule has 186 valence electrons. The van der Waals surface area contributed by atoms with E-state index in [9.17, 15) is 18.3 Å². The van der Waals surface area contributed by atoms with E-state index in [4.69, 9.17) is 4.74 Å². The zero-order chi connectivity index (χ0) is 25.4. The fourth-order valence-electron chi connectivity index (χ4n) is 5.64. The first-order chi connectivity index (χ1) is 17.4. The highest BCUT2D eigenvalue weighted by molar-refractivity contribution is 7.97. The minimum atomic E-state index is -4.22. The monoisotopic (exact) mass is 521 g/mol. The van der Waals surface area contributed by atoms with Crippen molar-refractivity contribution in [2.45, 2.75) is 18.4 Å². The highest BCUT2D eigenvalue weighted by atomic mass is 32.2. The van der Waals surface area contributed by atoms with Crippen LogP contribution in [-0.2, 0) is 19.6 Å². The Morgan fingerprint density at radius 3 is 1.83 bits per heavy atom. The number of hydrogen-bond donors (Lipinski definition) is 0. The summed E-state index contributed by atoms with van der Waals surface area (Å²) >= 11 is 0. The number of sulfonamides is 1. The van der Waals surface area contributed by atoms with Crippen LogP contribution >= 0.6 is 7.26 Å². The maximum atomic E-state index is 14.1. The van der Waals surface area contributed by atoms with Crippen molar-refractivity contribution in [1.82, 2.24) is 4.31 Å². The van der Waals surface area contributed by atoms with Crippen molar-refractivity contribution in [2.75, 3.05) is 26.4 Å². The molecule has 3 aromatic rings. The van der Waals surface area contributed by atoms with Gasteiger partial charge in [0, 0.05) is 13.7 Å². The van der Waals surface area contributed by atoms with Crippen LogP contribution in [0.1, 0.15) is 12.8 Å². The number of benzene rings is 3. The van der Waals surface area contributed by atoms with E-state index in [1.165, 1.54) is 11.4 Å². The Kier molecular flexibility index (Phi) is 6.60. The van der Waals surface area contributed by atoms with Gasteiger partial charge in [-0.15, -0.1) is 0 Å². The number of nitrogens with zero attached hydrogens (tertiary/aromatic N) is 1. The van der Waals surface area contributed by atoms with Gasteiger partial charge in [0.05, 0.1) is 12.1 Å². The summed E-state index contributed by atoms with van der Waals surface area (Å²) in [5.41, 5.74) is -1.31. The summed E-state index contributed by atoms with van der Waals surface area (Å²) < 4.78 is 33.7. The van der Waals surface area contributed by atoms with Crippen LogP contribution in [0.5, 0.6) is 0 Å². The van der Waals surface area contributed by atoms with Gasteiger partial charge in [0.25, 0.3) is 0 Å². The molecule has 1 fully saturated rings. The molecule has 1 unspecified atom stereocenters. The Labute approximate surface area is 212 Å². The van der Waals surface area contributed by atoms with Crippen molar-refractivity contribution in [3.8, 4) is 0 Å². The van der Waals surface area contributed by atoms with Gasteiger partial charge >= 0.3 is 0 Å². The van der Waals surface area contributed by atoms with Crippen LogP contribution in [0.3, 0.4) is 0 Å². The fourth-order valence-corrected chi connectivity index (χ4v) is 11.9. The largest absolute Gasteiger partial charge is 0.873 e. The van der Waals surface area contributed by atoms with Gasteiger partial charge in [-0.3, -0.25) is 4.79 Å². The minimum absolute atomic E-state index is 0.0574. The van der Waals surface area contributed by atoms with Crippen LogP contribution in [0.25, 0.3) is 0 Å². The topological polar surface area (TPSA) is 86.7 Å². The molecule has 1 saturated heterocycles. The molecule has 0 aromatic heterocycles. The second-order valence-electron chi connectivity index (χ2n) is 9.20. The van der Waals surface area contributed by atoms with Crippen molar-refractivity contribution in [3.05, 3.63) is 102 Å². The number of allylic oxidation sites excluding steroid dienone is 1. The number of carbonyl (C=O) groups is 1. The maximum absolute atomic E-state index is 14.1. The second kappa shape index (κ2) is 9.56. The lowest BCUT2D eigenvalue weighted by Crippen LogP contribution is -2.49. The van der Waals surface area contributed by atoms with Gasteiger partial charge in [-0.25, -0.2) is 8.42 Å². The van der Waals surface area contributed by atoms with Gasteiger partial charge in [-0.1, -0.05) is 60.4 Å². The zero-order valence-corrected chi connectivity index (χ0v) is 21.8. The molecule has 8 heteroatoms. The van der Waals surface area contributed by atoms with Crippen molar-refractivity contribution in [1.29, 1.82) is 0 Å². The molecule has 2 aliphatic heterocycles. The predicted molar refractivity (Wildman–Crippen MR) is 142 cm³/mol. The van der Waals surface area contributed by atoms with Crippen LogP contribution in [-0.4, -0.2) is 50.5 Å². The van der Waals surface area contributed by atoms with Gasteiger partial charge in [-0.2, -0.15) is 4.31 Å². The van der Waals surface area contributed by atoms with E-state index in [0.29, 0.717) is 12.8 Å². The molecular formula is C28H28NO5PS. The molecule has 0 radical (unpaired) electrons. The van der Waals surface area contributed by atoms with E-state index in [-0.39, 0.29) is 19.3 Å². The molecule has 6 nitrogen and oxygen atoms in total. The van der Waals surface area contributed by atoms with Crippen molar-refractivity contribution < 1.29 is 23.1 Å². The van der Waals surface area contributed by atoms with E-state index < -0.39 is 39.3 Å². The summed E-state index contributed by atoms with van der Waals surface area (Å²) in [6.45, 7) is 0.155. The van der Waals surface area contributed by atoms with Gasteiger partial charge in [0.15, 0.2) is 0 Å². The van der Waals surface area contributed by atoms with Gasteiger partial charge < -0.3 is 9.84 Å². The number of Topliss-reactive ketones (excluding diaryl/α,β-unsaturated/α-hetero) is 1. The fraction of sp³-hybridized carbons (Fsp3) is 0.250. The lowest BCUT2D eigenvalue weighted by Gasteiger charge is -2.35. The molecule has 1 atom stereocenters. The average molecular weight is 522 g/mol. The molecule has 0 N–H and O–H groups in total. The number of ether oxygens (including phenoxy) is 1. The summed E-state index contributed by atoms with van der Waals surface area (Å²) in [6.07, 6.45) is 0.819. The Bertz CT molecular complexity index is 1300. The van der Waals surface area contributed by atoms with Gasteiger partial charge in [-0.05, 0) is 49.2 Å². The molecule has 0 saturated carbocycles. The number of hydrogen-bond acceptors (Lipinski definition) is 5. The van der Waals surface area contributed by atoms with Gasteiger partial charge in [0.1, 0.15) is 34.2 Å². The van der Waals surface area contributed by atoms with Crippen LogP contribution in [0.2, 0.25) is 0 Å². The number of fused-ring (bicyclic) bond motifs is 1. The van der Waals surface area contributed by atoms with E-state index in [1.807, 2.05) is 91.0 Å². The summed E-state index contributed by atoms with van der Waals surface area (Å²) in [6, 6.07) is 29.2. The third-order valence-corrected chi connectivity index (χ3v) is 13.6. The van der Waals surface area contributed by atoms with Crippen LogP contribution < -0.4 is 21.0 Å². The van der Waals surface area contributed by atoms with E-state index >= 15 is 0 Å².